The first kappa shape index (κ1) is 16.0. The largest absolute Gasteiger partial charge is 0.573 e. The molecule has 0 fully saturated rings. The molecule has 0 spiro atoms. The van der Waals surface area contributed by atoms with Gasteiger partial charge in [-0.1, -0.05) is 12.1 Å². The average molecular weight is 322 g/mol. The number of aromatic hydroxyl groups is 1. The van der Waals surface area contributed by atoms with Crippen LogP contribution >= 0.6 is 0 Å². The van der Waals surface area contributed by atoms with Crippen molar-refractivity contribution in [3.05, 3.63) is 48.0 Å². The maximum Gasteiger partial charge on any atom is 0.573 e. The molecule has 0 saturated heterocycles. The molecule has 2 rings (SSSR count). The number of hydrogen-bond donors (Lipinski definition) is 1. The first-order chi connectivity index (χ1) is 10.0. The smallest absolute Gasteiger partial charge is 0.508 e. The summed E-state index contributed by atoms with van der Waals surface area (Å²) >= 11 is 0. The molecule has 0 unspecified atom stereocenters. The highest BCUT2D eigenvalue weighted by atomic mass is 19.4. The third kappa shape index (κ3) is 4.06. The van der Waals surface area contributed by atoms with Crippen molar-refractivity contribution in [2.75, 3.05) is 0 Å². The van der Waals surface area contributed by atoms with Crippen LogP contribution in [0.25, 0.3) is 11.1 Å². The molecule has 0 aliphatic heterocycles. The van der Waals surface area contributed by atoms with Gasteiger partial charge in [-0.3, -0.25) is 0 Å². The van der Waals surface area contributed by atoms with Gasteiger partial charge in [0.2, 0.25) is 0 Å². The maximum atomic E-state index is 12.7. The van der Waals surface area contributed by atoms with Crippen molar-refractivity contribution in [2.24, 2.45) is 0 Å². The molecule has 0 aliphatic carbocycles. The van der Waals surface area contributed by atoms with Crippen LogP contribution < -0.4 is 4.74 Å². The van der Waals surface area contributed by atoms with Crippen molar-refractivity contribution in [1.82, 2.24) is 0 Å². The molecule has 0 bridgehead atoms. The van der Waals surface area contributed by atoms with E-state index in [1.165, 1.54) is 12.1 Å². The van der Waals surface area contributed by atoms with E-state index in [-0.39, 0.29) is 11.1 Å². The van der Waals surface area contributed by atoms with Gasteiger partial charge in [-0.2, -0.15) is 13.2 Å². The summed E-state index contributed by atoms with van der Waals surface area (Å²) in [5.74, 6) is -1.21. The van der Waals surface area contributed by atoms with E-state index >= 15 is 0 Å². The fourth-order valence-electron chi connectivity index (χ4n) is 1.81. The molecule has 2 nitrogen and oxygen atoms in total. The van der Waals surface area contributed by atoms with Crippen LogP contribution in [0.1, 0.15) is 5.56 Å². The van der Waals surface area contributed by atoms with Gasteiger partial charge in [-0.15, -0.1) is 13.2 Å². The standard InChI is InChI=1S/C14H8F6O2/c15-13(16,17)10-4-9(5-11(21)7-10)8-2-1-3-12(6-8)22-14(18,19)20/h1-7,21H. The molecule has 0 aromatic heterocycles. The topological polar surface area (TPSA) is 29.5 Å². The Morgan fingerprint density at radius 2 is 1.50 bits per heavy atom. The normalized spacial score (nSPS) is 12.3. The van der Waals surface area contributed by atoms with Crippen LogP contribution in [0.5, 0.6) is 11.5 Å². The SMILES string of the molecule is Oc1cc(-c2cccc(OC(F)(F)F)c2)cc(C(F)(F)F)c1. The van der Waals surface area contributed by atoms with Crippen molar-refractivity contribution >= 4 is 0 Å². The summed E-state index contributed by atoms with van der Waals surface area (Å²) in [5.41, 5.74) is -1.15. The van der Waals surface area contributed by atoms with Crippen LogP contribution in [-0.2, 0) is 6.18 Å². The van der Waals surface area contributed by atoms with E-state index in [2.05, 4.69) is 4.74 Å². The lowest BCUT2D eigenvalue weighted by atomic mass is 10.0. The molecule has 22 heavy (non-hydrogen) atoms. The second kappa shape index (κ2) is 5.43. The number of ether oxygens (including phenoxy) is 1. The number of benzene rings is 2. The maximum absolute atomic E-state index is 12.7. The average Bonchev–Trinajstić information content (AvgIpc) is 2.35. The fourth-order valence-corrected chi connectivity index (χ4v) is 1.81. The van der Waals surface area contributed by atoms with Gasteiger partial charge in [-0.25, -0.2) is 0 Å². The minimum atomic E-state index is -4.91. The quantitative estimate of drug-likeness (QED) is 0.791. The molecular weight excluding hydrogens is 314 g/mol. The zero-order valence-electron chi connectivity index (χ0n) is 10.7. The van der Waals surface area contributed by atoms with Crippen molar-refractivity contribution in [2.45, 2.75) is 12.5 Å². The number of alkyl halides is 6. The Hall–Kier alpha value is -2.38. The predicted molar refractivity (Wildman–Crippen MR) is 65.2 cm³/mol. The Morgan fingerprint density at radius 1 is 0.818 bits per heavy atom. The van der Waals surface area contributed by atoms with Crippen LogP contribution in [0, 0.1) is 0 Å². The fraction of sp³-hybridized carbons (Fsp3) is 0.143. The third-order valence-corrected chi connectivity index (χ3v) is 2.65. The van der Waals surface area contributed by atoms with E-state index in [9.17, 15) is 31.4 Å². The Balaban J connectivity index is 2.44. The first-order valence-electron chi connectivity index (χ1n) is 5.82. The third-order valence-electron chi connectivity index (χ3n) is 2.65. The van der Waals surface area contributed by atoms with E-state index in [4.69, 9.17) is 0 Å². The van der Waals surface area contributed by atoms with Crippen LogP contribution in [0.4, 0.5) is 26.3 Å². The number of rotatable bonds is 2. The van der Waals surface area contributed by atoms with Gasteiger partial charge in [0, 0.05) is 0 Å². The van der Waals surface area contributed by atoms with E-state index in [0.29, 0.717) is 6.07 Å². The summed E-state index contributed by atoms with van der Waals surface area (Å²) in [6.07, 6.45) is -9.60. The Morgan fingerprint density at radius 3 is 2.09 bits per heavy atom. The molecule has 1 N–H and O–H groups in total. The summed E-state index contributed by atoms with van der Waals surface area (Å²) < 4.78 is 78.2. The molecule has 0 heterocycles. The molecule has 0 atom stereocenters. The second-order valence-electron chi connectivity index (χ2n) is 4.34. The Bertz CT molecular complexity index is 676. The van der Waals surface area contributed by atoms with E-state index in [1.807, 2.05) is 0 Å². The molecule has 0 radical (unpaired) electrons. The van der Waals surface area contributed by atoms with E-state index in [1.54, 1.807) is 0 Å². The summed E-state index contributed by atoms with van der Waals surface area (Å²) in [6, 6.07) is 6.73. The van der Waals surface area contributed by atoms with Gasteiger partial charge in [0.1, 0.15) is 11.5 Å². The zero-order chi connectivity index (χ0) is 16.5. The molecule has 2 aromatic carbocycles. The number of phenols is 1. The van der Waals surface area contributed by atoms with Gasteiger partial charge in [0.15, 0.2) is 0 Å². The summed E-state index contributed by atoms with van der Waals surface area (Å²) in [7, 11) is 0. The number of hydrogen-bond acceptors (Lipinski definition) is 2. The van der Waals surface area contributed by atoms with Crippen LogP contribution in [0.15, 0.2) is 42.5 Å². The Kier molecular flexibility index (Phi) is 3.95. The molecule has 8 heteroatoms. The highest BCUT2D eigenvalue weighted by Crippen LogP contribution is 2.36. The van der Waals surface area contributed by atoms with Gasteiger partial charge in [0.25, 0.3) is 0 Å². The number of halogens is 6. The van der Waals surface area contributed by atoms with Crippen molar-refractivity contribution in [1.29, 1.82) is 0 Å². The molecule has 0 amide bonds. The van der Waals surface area contributed by atoms with E-state index in [0.717, 1.165) is 24.3 Å². The first-order valence-corrected chi connectivity index (χ1v) is 5.82. The predicted octanol–water partition coefficient (Wildman–Crippen LogP) is 4.98. The van der Waals surface area contributed by atoms with Crippen molar-refractivity contribution < 1.29 is 36.2 Å². The van der Waals surface area contributed by atoms with Gasteiger partial charge in [0.05, 0.1) is 5.56 Å². The number of phenolic OH excluding ortho intramolecular Hbond substituents is 1. The lowest BCUT2D eigenvalue weighted by Gasteiger charge is -2.12. The van der Waals surface area contributed by atoms with Gasteiger partial charge < -0.3 is 9.84 Å². The highest BCUT2D eigenvalue weighted by Gasteiger charge is 2.32. The highest BCUT2D eigenvalue weighted by molar-refractivity contribution is 5.67. The molecule has 0 saturated carbocycles. The summed E-state index contributed by atoms with van der Waals surface area (Å²) in [5, 5.41) is 9.36. The van der Waals surface area contributed by atoms with Crippen LogP contribution in [0.3, 0.4) is 0 Å². The van der Waals surface area contributed by atoms with Gasteiger partial charge >= 0.3 is 12.5 Å². The summed E-state index contributed by atoms with van der Waals surface area (Å²) in [6.45, 7) is 0. The second-order valence-corrected chi connectivity index (χ2v) is 4.34. The van der Waals surface area contributed by atoms with Crippen molar-refractivity contribution in [3.8, 4) is 22.6 Å². The zero-order valence-corrected chi connectivity index (χ0v) is 10.7. The van der Waals surface area contributed by atoms with E-state index < -0.39 is 29.6 Å². The minimum absolute atomic E-state index is 0.0446. The molecule has 118 valence electrons. The van der Waals surface area contributed by atoms with Crippen LogP contribution in [-0.4, -0.2) is 11.5 Å². The minimum Gasteiger partial charge on any atom is -0.508 e. The van der Waals surface area contributed by atoms with Crippen LogP contribution in [0.2, 0.25) is 0 Å². The van der Waals surface area contributed by atoms with Gasteiger partial charge in [-0.05, 0) is 41.5 Å². The molecule has 0 aliphatic rings. The lowest BCUT2D eigenvalue weighted by molar-refractivity contribution is -0.274. The lowest BCUT2D eigenvalue weighted by Crippen LogP contribution is -2.17. The molecule has 2 aromatic rings. The Labute approximate surface area is 120 Å². The monoisotopic (exact) mass is 322 g/mol. The summed E-state index contributed by atoms with van der Waals surface area (Å²) in [4.78, 5) is 0. The van der Waals surface area contributed by atoms with Crippen molar-refractivity contribution in [3.63, 3.8) is 0 Å². The molecular formula is C14H8F6O2.